The topological polar surface area (TPSA) is 102 Å². The van der Waals surface area contributed by atoms with Gasteiger partial charge in [-0.1, -0.05) is 29.4 Å². The highest BCUT2D eigenvalue weighted by Crippen LogP contribution is 2.23. The molecular weight excluding hydrogens is 400 g/mol. The number of carbonyl (C=O) groups excluding carboxylic acids is 2. The molecule has 3 rings (SSSR count). The largest absolute Gasteiger partial charge is 0.346 e. The van der Waals surface area contributed by atoms with Crippen LogP contribution in [0.4, 0.5) is 5.69 Å². The monoisotopic (exact) mass is 416 g/mol. The molecule has 3 aromatic rings. The number of nitrogens with one attached hydrogen (secondary N) is 2. The van der Waals surface area contributed by atoms with E-state index in [-0.39, 0.29) is 24.1 Å². The van der Waals surface area contributed by atoms with Gasteiger partial charge >= 0.3 is 0 Å². The third-order valence-electron chi connectivity index (χ3n) is 3.67. The second-order valence-corrected chi connectivity index (χ2v) is 7.12. The Hall–Kier alpha value is -2.91. The molecule has 2 heterocycles. The minimum atomic E-state index is -0.330. The molecule has 2 amide bonds. The number of hydrogen-bond acceptors (Lipinski definition) is 6. The van der Waals surface area contributed by atoms with E-state index in [1.54, 1.807) is 29.2 Å². The standard InChI is InChI=1S/C18H17ClN6O2S/c1-12-4-5-14(7-15(12)19)25-11-22-24-18(25)28-10-17(27)21-9-16(26)23-13-3-2-6-20-8-13/h2-8,11H,9-10H2,1H3,(H,21,27)(H,23,26). The van der Waals surface area contributed by atoms with E-state index < -0.39 is 0 Å². The highest BCUT2D eigenvalue weighted by molar-refractivity contribution is 7.99. The number of benzene rings is 1. The number of aryl methyl sites for hydroxylation is 1. The van der Waals surface area contributed by atoms with E-state index in [0.29, 0.717) is 15.9 Å². The Morgan fingerprint density at radius 3 is 2.86 bits per heavy atom. The summed E-state index contributed by atoms with van der Waals surface area (Å²) < 4.78 is 1.75. The molecule has 2 N–H and O–H groups in total. The second-order valence-electron chi connectivity index (χ2n) is 5.77. The quantitative estimate of drug-likeness (QED) is 0.574. The maximum Gasteiger partial charge on any atom is 0.243 e. The number of nitrogens with zero attached hydrogens (tertiary/aromatic N) is 4. The Bertz CT molecular complexity index is 979. The molecule has 0 unspecified atom stereocenters. The molecule has 0 saturated heterocycles. The molecule has 10 heteroatoms. The molecule has 0 saturated carbocycles. The summed E-state index contributed by atoms with van der Waals surface area (Å²) in [5, 5.41) is 14.3. The summed E-state index contributed by atoms with van der Waals surface area (Å²) in [6.07, 6.45) is 4.69. The fourth-order valence-corrected chi connectivity index (χ4v) is 3.17. The number of halogens is 1. The van der Waals surface area contributed by atoms with Crippen LogP contribution in [0.2, 0.25) is 5.02 Å². The summed E-state index contributed by atoms with van der Waals surface area (Å²) in [6.45, 7) is 1.79. The van der Waals surface area contributed by atoms with Gasteiger partial charge in [-0.15, -0.1) is 10.2 Å². The van der Waals surface area contributed by atoms with Crippen LogP contribution in [0.3, 0.4) is 0 Å². The van der Waals surface area contributed by atoms with Crippen LogP contribution in [0.15, 0.2) is 54.2 Å². The van der Waals surface area contributed by atoms with Gasteiger partial charge in [-0.05, 0) is 36.8 Å². The third-order valence-corrected chi connectivity index (χ3v) is 5.02. The van der Waals surface area contributed by atoms with E-state index in [2.05, 4.69) is 25.8 Å². The van der Waals surface area contributed by atoms with E-state index in [1.807, 2.05) is 25.1 Å². The normalized spacial score (nSPS) is 10.5. The zero-order valence-electron chi connectivity index (χ0n) is 14.9. The average molecular weight is 417 g/mol. The maximum absolute atomic E-state index is 12.0. The first-order valence-corrected chi connectivity index (χ1v) is 9.65. The van der Waals surface area contributed by atoms with Crippen molar-refractivity contribution in [2.75, 3.05) is 17.6 Å². The smallest absolute Gasteiger partial charge is 0.243 e. The fourth-order valence-electron chi connectivity index (χ4n) is 2.23. The lowest BCUT2D eigenvalue weighted by Gasteiger charge is -2.08. The summed E-state index contributed by atoms with van der Waals surface area (Å²) in [7, 11) is 0. The number of amides is 2. The zero-order chi connectivity index (χ0) is 19.9. The zero-order valence-corrected chi connectivity index (χ0v) is 16.5. The number of hydrogen-bond donors (Lipinski definition) is 2. The van der Waals surface area contributed by atoms with Crippen LogP contribution < -0.4 is 10.6 Å². The van der Waals surface area contributed by atoms with Gasteiger partial charge in [-0.25, -0.2) is 0 Å². The first kappa shape index (κ1) is 19.8. The molecule has 2 aromatic heterocycles. The van der Waals surface area contributed by atoms with Crippen molar-refractivity contribution in [3.63, 3.8) is 0 Å². The Balaban J connectivity index is 1.51. The van der Waals surface area contributed by atoms with Crippen LogP contribution in [0, 0.1) is 6.92 Å². The number of thioether (sulfide) groups is 1. The van der Waals surface area contributed by atoms with E-state index in [1.165, 1.54) is 18.0 Å². The third kappa shape index (κ3) is 5.30. The van der Waals surface area contributed by atoms with E-state index >= 15 is 0 Å². The van der Waals surface area contributed by atoms with Crippen molar-refractivity contribution in [1.29, 1.82) is 0 Å². The van der Waals surface area contributed by atoms with E-state index in [0.717, 1.165) is 11.3 Å². The summed E-state index contributed by atoms with van der Waals surface area (Å²) in [5.74, 6) is -0.523. The molecule has 0 atom stereocenters. The van der Waals surface area contributed by atoms with Crippen molar-refractivity contribution < 1.29 is 9.59 Å². The first-order chi connectivity index (χ1) is 13.5. The van der Waals surface area contributed by atoms with Gasteiger partial charge in [-0.3, -0.25) is 19.1 Å². The average Bonchev–Trinajstić information content (AvgIpc) is 3.16. The molecule has 0 aliphatic rings. The van der Waals surface area contributed by atoms with Gasteiger partial charge in [0.2, 0.25) is 11.8 Å². The highest BCUT2D eigenvalue weighted by atomic mass is 35.5. The molecule has 0 aliphatic heterocycles. The van der Waals surface area contributed by atoms with Crippen LogP contribution in [0.25, 0.3) is 5.69 Å². The maximum atomic E-state index is 12.0. The molecule has 28 heavy (non-hydrogen) atoms. The molecule has 0 fully saturated rings. The predicted molar refractivity (Wildman–Crippen MR) is 108 cm³/mol. The van der Waals surface area contributed by atoms with E-state index in [4.69, 9.17) is 11.6 Å². The molecule has 1 aromatic carbocycles. The van der Waals surface area contributed by atoms with Crippen molar-refractivity contribution in [2.24, 2.45) is 0 Å². The van der Waals surface area contributed by atoms with Gasteiger partial charge in [0.15, 0.2) is 5.16 Å². The Morgan fingerprint density at radius 2 is 2.11 bits per heavy atom. The van der Waals surface area contributed by atoms with Crippen LogP contribution >= 0.6 is 23.4 Å². The van der Waals surface area contributed by atoms with Gasteiger partial charge in [0.05, 0.1) is 29.9 Å². The number of anilines is 1. The molecular formula is C18H17ClN6O2S. The molecule has 0 radical (unpaired) electrons. The van der Waals surface area contributed by atoms with Gasteiger partial charge < -0.3 is 10.6 Å². The molecule has 0 bridgehead atoms. The lowest BCUT2D eigenvalue weighted by Crippen LogP contribution is -2.33. The van der Waals surface area contributed by atoms with Crippen molar-refractivity contribution in [3.05, 3.63) is 59.6 Å². The summed E-state index contributed by atoms with van der Waals surface area (Å²) in [5.41, 5.74) is 2.34. The van der Waals surface area contributed by atoms with Gasteiger partial charge in [0, 0.05) is 11.2 Å². The fraction of sp³-hybridized carbons (Fsp3) is 0.167. The number of carbonyl (C=O) groups is 2. The van der Waals surface area contributed by atoms with Crippen molar-refractivity contribution in [2.45, 2.75) is 12.1 Å². The van der Waals surface area contributed by atoms with Crippen LogP contribution in [0.1, 0.15) is 5.56 Å². The lowest BCUT2D eigenvalue weighted by atomic mass is 10.2. The van der Waals surface area contributed by atoms with Crippen LogP contribution in [-0.2, 0) is 9.59 Å². The van der Waals surface area contributed by atoms with Crippen molar-refractivity contribution >= 4 is 40.9 Å². The summed E-state index contributed by atoms with van der Waals surface area (Å²) in [4.78, 5) is 27.8. The van der Waals surface area contributed by atoms with Crippen LogP contribution in [0.5, 0.6) is 0 Å². The Kier molecular flexibility index (Phi) is 6.62. The van der Waals surface area contributed by atoms with Gasteiger partial charge in [-0.2, -0.15) is 0 Å². The van der Waals surface area contributed by atoms with Gasteiger partial charge in [0.1, 0.15) is 6.33 Å². The number of aromatic nitrogens is 4. The minimum absolute atomic E-state index is 0.0957. The van der Waals surface area contributed by atoms with Crippen molar-refractivity contribution in [3.8, 4) is 5.69 Å². The lowest BCUT2D eigenvalue weighted by molar-refractivity contribution is -0.122. The van der Waals surface area contributed by atoms with E-state index in [9.17, 15) is 9.59 Å². The highest BCUT2D eigenvalue weighted by Gasteiger charge is 2.12. The summed E-state index contributed by atoms with van der Waals surface area (Å²) >= 11 is 7.39. The summed E-state index contributed by atoms with van der Waals surface area (Å²) in [6, 6.07) is 9.04. The number of rotatable bonds is 7. The predicted octanol–water partition coefficient (Wildman–Crippen LogP) is 2.47. The molecule has 144 valence electrons. The van der Waals surface area contributed by atoms with Crippen molar-refractivity contribution in [1.82, 2.24) is 25.1 Å². The Morgan fingerprint density at radius 1 is 1.25 bits per heavy atom. The Labute approximate surface area is 170 Å². The van der Waals surface area contributed by atoms with Gasteiger partial charge in [0.25, 0.3) is 0 Å². The molecule has 0 spiro atoms. The molecule has 8 nitrogen and oxygen atoms in total. The first-order valence-electron chi connectivity index (χ1n) is 8.29. The SMILES string of the molecule is Cc1ccc(-n2cnnc2SCC(=O)NCC(=O)Nc2cccnc2)cc1Cl. The number of pyridine rings is 1. The minimum Gasteiger partial charge on any atom is -0.346 e. The second kappa shape index (κ2) is 9.34. The van der Waals surface area contributed by atoms with Crippen LogP contribution in [-0.4, -0.2) is 43.9 Å². The molecule has 0 aliphatic carbocycles.